The summed E-state index contributed by atoms with van der Waals surface area (Å²) < 4.78 is 3.04. The summed E-state index contributed by atoms with van der Waals surface area (Å²) in [4.78, 5) is 10.2. The predicted molar refractivity (Wildman–Crippen MR) is 31.2 cm³/mol. The summed E-state index contributed by atoms with van der Waals surface area (Å²) in [5.74, 6) is 0. The van der Waals surface area contributed by atoms with E-state index in [1.807, 2.05) is 0 Å². The van der Waals surface area contributed by atoms with Gasteiger partial charge in [0.1, 0.15) is 6.20 Å². The van der Waals surface area contributed by atoms with Crippen LogP contribution in [0.15, 0.2) is 11.6 Å². The molecule has 0 aliphatic heterocycles. The lowest BCUT2D eigenvalue weighted by atomic mass is 11.1. The van der Waals surface area contributed by atoms with Crippen molar-refractivity contribution in [2.24, 2.45) is 0 Å². The van der Waals surface area contributed by atoms with Gasteiger partial charge in [0.25, 0.3) is 0 Å². The van der Waals surface area contributed by atoms with Gasteiger partial charge in [-0.3, -0.25) is 0 Å². The topological polar surface area (TPSA) is 42.9 Å². The molecule has 0 aliphatic rings. The zero-order chi connectivity index (χ0) is 5.98. The van der Waals surface area contributed by atoms with E-state index in [1.165, 1.54) is 6.20 Å². The van der Waals surface area contributed by atoms with Gasteiger partial charge in [-0.25, -0.2) is 4.79 Å². The Bertz CT molecular complexity index is 185. The van der Waals surface area contributed by atoms with Crippen LogP contribution in [0.5, 0.6) is 0 Å². The van der Waals surface area contributed by atoms with Crippen LogP contribution in [0.2, 0.25) is 0 Å². The van der Waals surface area contributed by atoms with Crippen molar-refractivity contribution >= 4 is 26.8 Å². The molecule has 0 aromatic carbocycles. The molecule has 1 atom stereocenters. The fourth-order valence-corrected chi connectivity index (χ4v) is 1.07. The van der Waals surface area contributed by atoms with E-state index in [4.69, 9.17) is 11.6 Å². The van der Waals surface area contributed by atoms with E-state index in [0.717, 1.165) is 0 Å². The van der Waals surface area contributed by atoms with Crippen LogP contribution in [0.3, 0.4) is 0 Å². The fourth-order valence-electron chi connectivity index (χ4n) is 0.276. The van der Waals surface area contributed by atoms with Gasteiger partial charge in [-0.2, -0.15) is 0 Å². The first-order chi connectivity index (χ1) is 3.80. The van der Waals surface area contributed by atoms with Gasteiger partial charge in [0.2, 0.25) is 10.7 Å². The number of aromatic nitrogens is 2. The van der Waals surface area contributed by atoms with Crippen molar-refractivity contribution in [1.82, 2.24) is 9.59 Å². The minimum atomic E-state index is -0.775. The average molecular weight is 150 g/mol. The molecule has 0 amide bonds. The van der Waals surface area contributed by atoms with Crippen molar-refractivity contribution in [3.05, 3.63) is 11.6 Å². The van der Waals surface area contributed by atoms with Gasteiger partial charge in [-0.15, -0.1) is 5.10 Å². The minimum absolute atomic E-state index is 0.456. The van der Waals surface area contributed by atoms with Crippen LogP contribution in [-0.2, 0) is 0 Å². The molecule has 0 bridgehead atoms. The standard InChI is InChI=1S/C3H2ClN2OS/c4-3(7)8-2-1-5-6-8/h1-2H/q+1. The molecule has 0 saturated carbocycles. The third-order valence-corrected chi connectivity index (χ3v) is 2.01. The molecule has 0 radical (unpaired) electrons. The Hall–Kier alpha value is -0.480. The summed E-state index contributed by atoms with van der Waals surface area (Å²) in [5.41, 5.74) is 0. The van der Waals surface area contributed by atoms with E-state index < -0.39 is 15.2 Å². The predicted octanol–water partition coefficient (Wildman–Crippen LogP) is 1.43. The molecule has 42 valence electrons. The molecule has 3 nitrogen and oxygen atoms in total. The minimum Gasteiger partial charge on any atom is -0.211 e. The van der Waals surface area contributed by atoms with E-state index in [1.54, 1.807) is 5.38 Å². The molecule has 1 unspecified atom stereocenters. The molecule has 0 spiro atoms. The Morgan fingerprint density at radius 1 is 1.75 bits per heavy atom. The maximum absolute atomic E-state index is 10.2. The van der Waals surface area contributed by atoms with Crippen molar-refractivity contribution in [3.63, 3.8) is 0 Å². The first-order valence-electron chi connectivity index (χ1n) is 1.81. The fraction of sp³-hybridized carbons (Fsp3) is 0. The summed E-state index contributed by atoms with van der Waals surface area (Å²) in [6.07, 6.45) is 1.46. The Morgan fingerprint density at radius 2 is 2.50 bits per heavy atom. The van der Waals surface area contributed by atoms with Crippen molar-refractivity contribution in [1.29, 1.82) is 0 Å². The van der Waals surface area contributed by atoms with E-state index in [-0.39, 0.29) is 0 Å². The summed E-state index contributed by atoms with van der Waals surface area (Å²) in [7, 11) is -0.775. The highest BCUT2D eigenvalue weighted by Gasteiger charge is 2.14. The van der Waals surface area contributed by atoms with E-state index in [9.17, 15) is 4.79 Å². The molecule has 5 heteroatoms. The monoisotopic (exact) mass is 149 g/mol. The maximum Gasteiger partial charge on any atom is 0.476 e. The normalized spacial score (nSPS) is 11.4. The smallest absolute Gasteiger partial charge is 0.211 e. The molecule has 0 N–H and O–H groups in total. The molecule has 0 aliphatic carbocycles. The number of halogens is 1. The van der Waals surface area contributed by atoms with Crippen LogP contribution < -0.4 is 0 Å². The quantitative estimate of drug-likeness (QED) is 0.448. The highest BCUT2D eigenvalue weighted by atomic mass is 35.5. The van der Waals surface area contributed by atoms with Gasteiger partial charge < -0.3 is 0 Å². The lowest BCUT2D eigenvalue weighted by Gasteiger charge is -1.61. The van der Waals surface area contributed by atoms with Crippen molar-refractivity contribution in [2.45, 2.75) is 0 Å². The number of rotatable bonds is 1. The third-order valence-electron chi connectivity index (χ3n) is 0.556. The largest absolute Gasteiger partial charge is 0.476 e. The number of nitrogens with zero attached hydrogens (tertiary/aromatic N) is 2. The molecule has 0 saturated heterocycles. The molecular formula is C3H2ClN2OS+. The molecule has 1 aromatic heterocycles. The number of hydrogen-bond donors (Lipinski definition) is 0. The average Bonchev–Trinajstić information content (AvgIpc) is 2.12. The number of hydrogen-bond acceptors (Lipinski definition) is 3. The van der Waals surface area contributed by atoms with Gasteiger partial charge in [-0.1, -0.05) is 0 Å². The summed E-state index contributed by atoms with van der Waals surface area (Å²) in [6, 6.07) is 0. The second kappa shape index (κ2) is 2.19. The van der Waals surface area contributed by atoms with E-state index in [0.29, 0.717) is 0 Å². The lowest BCUT2D eigenvalue weighted by Crippen LogP contribution is -1.72. The second-order valence-electron chi connectivity index (χ2n) is 1.03. The SMILES string of the molecule is O=C(Cl)[s+]1ccnn1. The Labute approximate surface area is 53.4 Å². The molecule has 1 rings (SSSR count). The first-order valence-corrected chi connectivity index (χ1v) is 3.43. The number of carbonyl (C=O) groups is 1. The lowest BCUT2D eigenvalue weighted by molar-refractivity contribution is 0.275. The maximum atomic E-state index is 10.2. The van der Waals surface area contributed by atoms with Crippen LogP contribution in [0.1, 0.15) is 0 Å². The van der Waals surface area contributed by atoms with Crippen molar-refractivity contribution < 1.29 is 4.79 Å². The highest BCUT2D eigenvalue weighted by Crippen LogP contribution is 2.13. The summed E-state index contributed by atoms with van der Waals surface area (Å²) >= 11 is 5.05. The zero-order valence-corrected chi connectivity index (χ0v) is 5.32. The summed E-state index contributed by atoms with van der Waals surface area (Å²) in [6.45, 7) is 0. The second-order valence-corrected chi connectivity index (χ2v) is 3.04. The third kappa shape index (κ3) is 1.02. The molecule has 0 fully saturated rings. The van der Waals surface area contributed by atoms with E-state index in [2.05, 4.69) is 9.59 Å². The van der Waals surface area contributed by atoms with Crippen LogP contribution in [0.4, 0.5) is 4.79 Å². The first kappa shape index (κ1) is 5.65. The van der Waals surface area contributed by atoms with Crippen LogP contribution in [-0.4, -0.2) is 14.2 Å². The molecule has 1 aromatic rings. The molecular weight excluding hydrogens is 148 g/mol. The molecule has 8 heavy (non-hydrogen) atoms. The Morgan fingerprint density at radius 3 is 2.75 bits per heavy atom. The molecule has 1 heterocycles. The highest BCUT2D eigenvalue weighted by molar-refractivity contribution is 7.53. The van der Waals surface area contributed by atoms with Crippen molar-refractivity contribution in [2.75, 3.05) is 0 Å². The Kier molecular flexibility index (Phi) is 1.55. The van der Waals surface area contributed by atoms with Crippen LogP contribution >= 0.6 is 22.3 Å². The van der Waals surface area contributed by atoms with Crippen LogP contribution in [0.25, 0.3) is 0 Å². The van der Waals surface area contributed by atoms with Gasteiger partial charge in [-0.05, 0) is 0 Å². The van der Waals surface area contributed by atoms with Gasteiger partial charge in [0, 0.05) is 11.6 Å². The summed E-state index contributed by atoms with van der Waals surface area (Å²) in [5, 5.41) is 5.00. The van der Waals surface area contributed by atoms with Crippen LogP contribution in [0, 0.1) is 0 Å². The van der Waals surface area contributed by atoms with Gasteiger partial charge >= 0.3 is 4.57 Å². The number of carbonyl (C=O) groups excluding carboxylic acids is 1. The van der Waals surface area contributed by atoms with Gasteiger partial charge in [0.15, 0.2) is 5.38 Å². The van der Waals surface area contributed by atoms with Gasteiger partial charge in [0.05, 0.1) is 4.49 Å². The van der Waals surface area contributed by atoms with E-state index >= 15 is 0 Å². The van der Waals surface area contributed by atoms with Crippen molar-refractivity contribution in [3.8, 4) is 0 Å². The zero-order valence-electron chi connectivity index (χ0n) is 3.74. The Balaban J connectivity index is 2.93.